The Hall–Kier alpha value is -1.79. The summed E-state index contributed by atoms with van der Waals surface area (Å²) in [6, 6.07) is -0.257. The topological polar surface area (TPSA) is 83.0 Å². The third-order valence-electron chi connectivity index (χ3n) is 4.17. The van der Waals surface area contributed by atoms with Gasteiger partial charge in [-0.25, -0.2) is 4.79 Å². The zero-order chi connectivity index (χ0) is 16.3. The fourth-order valence-electron chi connectivity index (χ4n) is 2.97. The summed E-state index contributed by atoms with van der Waals surface area (Å²) in [5, 5.41) is 5.99. The van der Waals surface area contributed by atoms with E-state index in [2.05, 4.69) is 27.3 Å². The predicted molar refractivity (Wildman–Crippen MR) is 83.8 cm³/mol. The van der Waals surface area contributed by atoms with Crippen LogP contribution in [0.4, 0.5) is 4.79 Å². The summed E-state index contributed by atoms with van der Waals surface area (Å²) < 4.78 is 4.63. The van der Waals surface area contributed by atoms with E-state index < -0.39 is 12.1 Å². The Labute approximate surface area is 131 Å². The SMILES string of the molecule is COC(=O)N[C@H](C(=O)N1CCC[C@H]1C1=NCC(C)N1)C(C)C. The lowest BCUT2D eigenvalue weighted by molar-refractivity contribution is -0.134. The summed E-state index contributed by atoms with van der Waals surface area (Å²) in [5.41, 5.74) is 0. The molecule has 7 heteroatoms. The normalized spacial score (nSPS) is 25.7. The molecule has 1 fully saturated rings. The largest absolute Gasteiger partial charge is 0.453 e. The monoisotopic (exact) mass is 310 g/mol. The Morgan fingerprint density at radius 1 is 1.45 bits per heavy atom. The van der Waals surface area contributed by atoms with Crippen LogP contribution in [0.5, 0.6) is 0 Å². The van der Waals surface area contributed by atoms with E-state index in [1.807, 2.05) is 18.7 Å². The number of aliphatic imine (C=N–C) groups is 1. The van der Waals surface area contributed by atoms with E-state index in [-0.39, 0.29) is 17.9 Å². The molecule has 0 aromatic carbocycles. The van der Waals surface area contributed by atoms with Crippen molar-refractivity contribution in [2.24, 2.45) is 10.9 Å². The number of hydrogen-bond donors (Lipinski definition) is 2. The quantitative estimate of drug-likeness (QED) is 0.802. The number of ether oxygens (including phenoxy) is 1. The van der Waals surface area contributed by atoms with Gasteiger partial charge in [0, 0.05) is 12.6 Å². The van der Waals surface area contributed by atoms with Crippen molar-refractivity contribution in [2.45, 2.75) is 51.7 Å². The summed E-state index contributed by atoms with van der Waals surface area (Å²) in [4.78, 5) is 30.7. The van der Waals surface area contributed by atoms with E-state index in [0.29, 0.717) is 12.6 Å². The van der Waals surface area contributed by atoms with Gasteiger partial charge in [-0.05, 0) is 25.7 Å². The maximum Gasteiger partial charge on any atom is 0.407 e. The summed E-state index contributed by atoms with van der Waals surface area (Å²) in [6.45, 7) is 7.36. The van der Waals surface area contributed by atoms with Crippen molar-refractivity contribution in [1.29, 1.82) is 0 Å². The summed E-state index contributed by atoms with van der Waals surface area (Å²) in [7, 11) is 1.30. The number of nitrogens with zero attached hydrogens (tertiary/aromatic N) is 2. The molecule has 0 saturated carbocycles. The number of alkyl carbamates (subject to hydrolysis) is 1. The van der Waals surface area contributed by atoms with Crippen molar-refractivity contribution in [3.63, 3.8) is 0 Å². The fraction of sp³-hybridized carbons (Fsp3) is 0.800. The van der Waals surface area contributed by atoms with E-state index in [9.17, 15) is 9.59 Å². The minimum Gasteiger partial charge on any atom is -0.453 e. The minimum atomic E-state index is -0.576. The van der Waals surface area contributed by atoms with Crippen LogP contribution in [0, 0.1) is 5.92 Å². The van der Waals surface area contributed by atoms with Gasteiger partial charge in [-0.3, -0.25) is 9.79 Å². The zero-order valence-corrected chi connectivity index (χ0v) is 13.8. The van der Waals surface area contributed by atoms with Crippen molar-refractivity contribution < 1.29 is 14.3 Å². The first-order valence-corrected chi connectivity index (χ1v) is 7.90. The van der Waals surface area contributed by atoms with Gasteiger partial charge in [0.15, 0.2) is 0 Å². The molecule has 2 rings (SSSR count). The van der Waals surface area contributed by atoms with Crippen molar-refractivity contribution in [2.75, 3.05) is 20.2 Å². The highest BCUT2D eigenvalue weighted by Gasteiger charge is 2.38. The van der Waals surface area contributed by atoms with E-state index >= 15 is 0 Å². The number of carbonyl (C=O) groups is 2. The molecule has 0 spiro atoms. The van der Waals surface area contributed by atoms with E-state index in [1.165, 1.54) is 7.11 Å². The first-order chi connectivity index (χ1) is 10.4. The van der Waals surface area contributed by atoms with Crippen LogP contribution in [-0.2, 0) is 9.53 Å². The Balaban J connectivity index is 2.09. The second-order valence-electron chi connectivity index (χ2n) is 6.32. The van der Waals surface area contributed by atoms with Crippen LogP contribution in [0.1, 0.15) is 33.6 Å². The number of amidine groups is 1. The van der Waals surface area contributed by atoms with Crippen LogP contribution in [0.2, 0.25) is 0 Å². The number of methoxy groups -OCH3 is 1. The number of likely N-dealkylation sites (tertiary alicyclic amines) is 1. The predicted octanol–water partition coefficient (Wildman–Crippen LogP) is 0.748. The van der Waals surface area contributed by atoms with Crippen LogP contribution >= 0.6 is 0 Å². The molecule has 1 unspecified atom stereocenters. The van der Waals surface area contributed by atoms with Crippen molar-refractivity contribution in [3.8, 4) is 0 Å². The first-order valence-electron chi connectivity index (χ1n) is 7.90. The maximum absolute atomic E-state index is 12.9. The maximum atomic E-state index is 12.9. The molecule has 0 bridgehead atoms. The number of nitrogens with one attached hydrogen (secondary N) is 2. The van der Waals surface area contributed by atoms with Gasteiger partial charge in [0.2, 0.25) is 5.91 Å². The van der Waals surface area contributed by atoms with Crippen LogP contribution in [-0.4, -0.2) is 61.1 Å². The Bertz CT molecular complexity index is 464. The van der Waals surface area contributed by atoms with Gasteiger partial charge >= 0.3 is 6.09 Å². The molecular weight excluding hydrogens is 284 g/mol. The summed E-state index contributed by atoms with van der Waals surface area (Å²) in [5.74, 6) is 0.830. The van der Waals surface area contributed by atoms with Crippen LogP contribution in [0.25, 0.3) is 0 Å². The molecule has 1 saturated heterocycles. The van der Waals surface area contributed by atoms with Gasteiger partial charge in [0.1, 0.15) is 11.9 Å². The first kappa shape index (κ1) is 16.6. The van der Waals surface area contributed by atoms with Gasteiger partial charge in [-0.2, -0.15) is 0 Å². The molecule has 2 N–H and O–H groups in total. The number of amides is 2. The van der Waals surface area contributed by atoms with E-state index in [0.717, 1.165) is 25.2 Å². The minimum absolute atomic E-state index is 0.00172. The molecule has 3 atom stereocenters. The average Bonchev–Trinajstić information content (AvgIpc) is 3.11. The second kappa shape index (κ2) is 6.98. The molecule has 7 nitrogen and oxygen atoms in total. The van der Waals surface area contributed by atoms with Gasteiger partial charge in [-0.1, -0.05) is 13.8 Å². The van der Waals surface area contributed by atoms with Crippen molar-refractivity contribution >= 4 is 17.8 Å². The van der Waals surface area contributed by atoms with Crippen LogP contribution in [0.3, 0.4) is 0 Å². The van der Waals surface area contributed by atoms with Crippen molar-refractivity contribution in [1.82, 2.24) is 15.5 Å². The molecule has 2 aliphatic rings. The third kappa shape index (κ3) is 3.51. The van der Waals surface area contributed by atoms with Crippen LogP contribution in [0.15, 0.2) is 4.99 Å². The summed E-state index contributed by atoms with van der Waals surface area (Å²) in [6.07, 6.45) is 1.29. The molecule has 0 aromatic heterocycles. The standard InChI is InChI=1S/C15H26N4O3/c1-9(2)12(18-15(21)22-4)14(20)19-7-5-6-11(19)13-16-8-10(3)17-13/h9-12H,5-8H2,1-4H3,(H,16,17)(H,18,21)/t10?,11-,12-/m0/s1. The molecule has 0 radical (unpaired) electrons. The smallest absolute Gasteiger partial charge is 0.407 e. The Kier molecular flexibility index (Phi) is 5.26. The third-order valence-corrected chi connectivity index (χ3v) is 4.17. The van der Waals surface area contributed by atoms with E-state index in [4.69, 9.17) is 0 Å². The highest BCUT2D eigenvalue weighted by Crippen LogP contribution is 2.22. The molecule has 2 amide bonds. The lowest BCUT2D eigenvalue weighted by Gasteiger charge is -2.31. The highest BCUT2D eigenvalue weighted by atomic mass is 16.5. The zero-order valence-electron chi connectivity index (χ0n) is 13.8. The lowest BCUT2D eigenvalue weighted by atomic mass is 10.0. The van der Waals surface area contributed by atoms with E-state index in [1.54, 1.807) is 0 Å². The highest BCUT2D eigenvalue weighted by molar-refractivity contribution is 5.95. The number of hydrogen-bond acceptors (Lipinski definition) is 5. The van der Waals surface area contributed by atoms with Gasteiger partial charge in [0.05, 0.1) is 19.7 Å². The number of carbonyl (C=O) groups excluding carboxylic acids is 2. The molecule has 124 valence electrons. The van der Waals surface area contributed by atoms with Crippen molar-refractivity contribution in [3.05, 3.63) is 0 Å². The van der Waals surface area contributed by atoms with Gasteiger partial charge in [-0.15, -0.1) is 0 Å². The molecule has 22 heavy (non-hydrogen) atoms. The second-order valence-corrected chi connectivity index (χ2v) is 6.32. The van der Waals surface area contributed by atoms with Crippen LogP contribution < -0.4 is 10.6 Å². The fourth-order valence-corrected chi connectivity index (χ4v) is 2.97. The Morgan fingerprint density at radius 3 is 2.73 bits per heavy atom. The van der Waals surface area contributed by atoms with Gasteiger partial charge < -0.3 is 20.3 Å². The molecule has 2 heterocycles. The lowest BCUT2D eigenvalue weighted by Crippen LogP contribution is -2.55. The number of rotatable bonds is 4. The molecular formula is C15H26N4O3. The summed E-state index contributed by atoms with van der Waals surface area (Å²) >= 11 is 0. The Morgan fingerprint density at radius 2 is 2.18 bits per heavy atom. The average molecular weight is 310 g/mol. The molecule has 0 aromatic rings. The van der Waals surface area contributed by atoms with Gasteiger partial charge in [0.25, 0.3) is 0 Å². The molecule has 0 aliphatic carbocycles. The molecule has 2 aliphatic heterocycles.